The molecule has 2 fully saturated rings. The summed E-state index contributed by atoms with van der Waals surface area (Å²) < 4.78 is 5.11. The average Bonchev–Trinajstić information content (AvgIpc) is 3.03. The van der Waals surface area contributed by atoms with Crippen LogP contribution in [0, 0.1) is 0 Å². The van der Waals surface area contributed by atoms with Crippen LogP contribution in [0.3, 0.4) is 0 Å². The number of carboxylic acid groups (broad SMARTS) is 1. The van der Waals surface area contributed by atoms with Crippen LogP contribution in [-0.2, 0) is 0 Å². The summed E-state index contributed by atoms with van der Waals surface area (Å²) in [4.78, 5) is 27.4. The minimum atomic E-state index is -1.15. The first-order valence-electron chi connectivity index (χ1n) is 7.01. The van der Waals surface area contributed by atoms with E-state index in [1.807, 2.05) is 0 Å². The third-order valence-electron chi connectivity index (χ3n) is 4.12. The van der Waals surface area contributed by atoms with E-state index in [1.54, 1.807) is 4.90 Å². The van der Waals surface area contributed by atoms with Crippen LogP contribution >= 0.6 is 0 Å². The van der Waals surface area contributed by atoms with Crippen LogP contribution in [-0.4, -0.2) is 59.0 Å². The number of hydrogen-bond donors (Lipinski definition) is 1. The van der Waals surface area contributed by atoms with Gasteiger partial charge in [-0.05, 0) is 37.9 Å². The molecule has 6 nitrogen and oxygen atoms in total. The van der Waals surface area contributed by atoms with E-state index in [9.17, 15) is 9.59 Å². The molecule has 0 bridgehead atoms. The molecule has 1 atom stereocenters. The summed E-state index contributed by atoms with van der Waals surface area (Å²) in [7, 11) is 0. The Hall–Kier alpha value is -1.82. The van der Waals surface area contributed by atoms with Crippen molar-refractivity contribution in [2.45, 2.75) is 25.3 Å². The maximum Gasteiger partial charge on any atom is 0.371 e. The minimum absolute atomic E-state index is 0.119. The number of aromatic carboxylic acids is 1. The minimum Gasteiger partial charge on any atom is -0.475 e. The van der Waals surface area contributed by atoms with Crippen LogP contribution in [0.2, 0.25) is 0 Å². The number of furan rings is 1. The molecule has 2 aliphatic rings. The van der Waals surface area contributed by atoms with Crippen LogP contribution < -0.4 is 0 Å². The molecule has 0 aromatic carbocycles. The van der Waals surface area contributed by atoms with Crippen molar-refractivity contribution in [3.63, 3.8) is 0 Å². The van der Waals surface area contributed by atoms with Crippen molar-refractivity contribution in [3.8, 4) is 0 Å². The summed E-state index contributed by atoms with van der Waals surface area (Å²) in [6, 6.07) is 3.22. The third kappa shape index (κ3) is 2.43. The number of amides is 1. The van der Waals surface area contributed by atoms with Crippen molar-refractivity contribution < 1.29 is 19.1 Å². The quantitative estimate of drug-likeness (QED) is 0.882. The molecule has 1 unspecified atom stereocenters. The standard InChI is InChI=1S/C14H18N2O4/c17-13(11-4-5-12(20-11)14(18)19)16-8-2-7-15-6-1-3-10(15)9-16/h4-5,10H,1-3,6-9H2,(H,18,19). The van der Waals surface area contributed by atoms with Crippen LogP contribution in [0.1, 0.15) is 40.4 Å². The second kappa shape index (κ2) is 5.28. The fraction of sp³-hybridized carbons (Fsp3) is 0.571. The van der Waals surface area contributed by atoms with E-state index in [-0.39, 0.29) is 17.4 Å². The highest BCUT2D eigenvalue weighted by Gasteiger charge is 2.31. The van der Waals surface area contributed by atoms with E-state index in [2.05, 4.69) is 4.90 Å². The first kappa shape index (κ1) is 13.2. The molecule has 0 spiro atoms. The number of carbonyl (C=O) groups excluding carboxylic acids is 1. The van der Waals surface area contributed by atoms with Gasteiger partial charge in [-0.3, -0.25) is 9.69 Å². The lowest BCUT2D eigenvalue weighted by Gasteiger charge is -2.25. The molecule has 20 heavy (non-hydrogen) atoms. The van der Waals surface area contributed by atoms with Crippen LogP contribution in [0.4, 0.5) is 0 Å². The SMILES string of the molecule is O=C(O)c1ccc(C(=O)N2CCCN3CCCC3C2)o1. The second-order valence-corrected chi connectivity index (χ2v) is 5.41. The Bertz CT molecular complexity index is 525. The highest BCUT2D eigenvalue weighted by atomic mass is 16.4. The molecule has 0 aliphatic carbocycles. The van der Waals surface area contributed by atoms with E-state index < -0.39 is 5.97 Å². The van der Waals surface area contributed by atoms with Gasteiger partial charge in [0.1, 0.15) is 0 Å². The Morgan fingerprint density at radius 3 is 2.65 bits per heavy atom. The molecule has 2 aliphatic heterocycles. The van der Waals surface area contributed by atoms with Crippen molar-refractivity contribution in [1.29, 1.82) is 0 Å². The Morgan fingerprint density at radius 1 is 1.15 bits per heavy atom. The molecular formula is C14H18N2O4. The summed E-state index contributed by atoms with van der Waals surface area (Å²) in [5.41, 5.74) is 0. The maximum atomic E-state index is 12.4. The number of rotatable bonds is 2. The smallest absolute Gasteiger partial charge is 0.371 e. The Balaban J connectivity index is 1.73. The zero-order valence-electron chi connectivity index (χ0n) is 11.2. The molecule has 0 radical (unpaired) electrons. The van der Waals surface area contributed by atoms with Gasteiger partial charge < -0.3 is 14.4 Å². The zero-order chi connectivity index (χ0) is 14.1. The lowest BCUT2D eigenvalue weighted by molar-refractivity contribution is 0.0647. The predicted octanol–water partition coefficient (Wildman–Crippen LogP) is 1.29. The van der Waals surface area contributed by atoms with Gasteiger partial charge in [0.2, 0.25) is 5.76 Å². The van der Waals surface area contributed by atoms with E-state index in [1.165, 1.54) is 18.6 Å². The molecular weight excluding hydrogens is 260 g/mol. The highest BCUT2D eigenvalue weighted by molar-refractivity contribution is 5.93. The van der Waals surface area contributed by atoms with Crippen molar-refractivity contribution in [1.82, 2.24) is 9.80 Å². The molecule has 3 heterocycles. The number of fused-ring (bicyclic) bond motifs is 1. The molecule has 3 rings (SSSR count). The summed E-state index contributed by atoms with van der Waals surface area (Å²) in [5, 5.41) is 8.83. The van der Waals surface area contributed by atoms with Gasteiger partial charge in [-0.2, -0.15) is 0 Å². The van der Waals surface area contributed by atoms with Crippen molar-refractivity contribution >= 4 is 11.9 Å². The lowest BCUT2D eigenvalue weighted by Crippen LogP contribution is -2.39. The predicted molar refractivity (Wildman–Crippen MR) is 70.8 cm³/mol. The summed E-state index contributed by atoms with van der Waals surface area (Å²) >= 11 is 0. The second-order valence-electron chi connectivity index (χ2n) is 5.41. The topological polar surface area (TPSA) is 74.0 Å². The van der Waals surface area contributed by atoms with Gasteiger partial charge in [0.15, 0.2) is 5.76 Å². The first-order chi connectivity index (χ1) is 9.65. The Labute approximate surface area is 117 Å². The molecule has 6 heteroatoms. The number of hydrogen-bond acceptors (Lipinski definition) is 4. The van der Waals surface area contributed by atoms with E-state index in [4.69, 9.17) is 9.52 Å². The van der Waals surface area contributed by atoms with Gasteiger partial charge >= 0.3 is 5.97 Å². The molecule has 108 valence electrons. The van der Waals surface area contributed by atoms with Gasteiger partial charge in [-0.25, -0.2) is 4.79 Å². The monoisotopic (exact) mass is 278 g/mol. The van der Waals surface area contributed by atoms with Gasteiger partial charge in [0, 0.05) is 25.7 Å². The normalized spacial score (nSPS) is 23.4. The average molecular weight is 278 g/mol. The van der Waals surface area contributed by atoms with Crippen molar-refractivity contribution in [2.24, 2.45) is 0 Å². The first-order valence-corrected chi connectivity index (χ1v) is 7.01. The Morgan fingerprint density at radius 2 is 1.90 bits per heavy atom. The van der Waals surface area contributed by atoms with Crippen LogP contribution in [0.25, 0.3) is 0 Å². The van der Waals surface area contributed by atoms with E-state index in [0.717, 1.165) is 25.9 Å². The fourth-order valence-electron chi connectivity index (χ4n) is 3.11. The van der Waals surface area contributed by atoms with Crippen LogP contribution in [0.5, 0.6) is 0 Å². The highest BCUT2D eigenvalue weighted by Crippen LogP contribution is 2.22. The number of carboxylic acids is 1. The van der Waals surface area contributed by atoms with Crippen LogP contribution in [0.15, 0.2) is 16.5 Å². The van der Waals surface area contributed by atoms with E-state index in [0.29, 0.717) is 19.1 Å². The molecule has 1 aromatic rings. The van der Waals surface area contributed by atoms with E-state index >= 15 is 0 Å². The van der Waals surface area contributed by atoms with Crippen molar-refractivity contribution in [3.05, 3.63) is 23.7 Å². The third-order valence-corrected chi connectivity index (χ3v) is 4.12. The summed E-state index contributed by atoms with van der Waals surface area (Å²) in [6.45, 7) is 3.57. The molecule has 1 aromatic heterocycles. The van der Waals surface area contributed by atoms with Gasteiger partial charge in [0.25, 0.3) is 5.91 Å². The van der Waals surface area contributed by atoms with Gasteiger partial charge in [-0.1, -0.05) is 0 Å². The van der Waals surface area contributed by atoms with Gasteiger partial charge in [-0.15, -0.1) is 0 Å². The molecule has 0 saturated carbocycles. The number of nitrogens with zero attached hydrogens (tertiary/aromatic N) is 2. The maximum absolute atomic E-state index is 12.4. The molecule has 2 saturated heterocycles. The fourth-order valence-corrected chi connectivity index (χ4v) is 3.11. The number of carbonyl (C=O) groups is 2. The molecule has 1 amide bonds. The lowest BCUT2D eigenvalue weighted by atomic mass is 10.2. The van der Waals surface area contributed by atoms with Gasteiger partial charge in [0.05, 0.1) is 0 Å². The summed E-state index contributed by atoms with van der Waals surface area (Å²) in [6.07, 6.45) is 3.27. The summed E-state index contributed by atoms with van der Waals surface area (Å²) in [5.74, 6) is -1.42. The Kier molecular flexibility index (Phi) is 3.48. The van der Waals surface area contributed by atoms with Crippen molar-refractivity contribution in [2.75, 3.05) is 26.2 Å². The molecule has 1 N–H and O–H groups in total. The largest absolute Gasteiger partial charge is 0.475 e. The zero-order valence-corrected chi connectivity index (χ0v) is 11.2.